The number of benzene rings is 1. The summed E-state index contributed by atoms with van der Waals surface area (Å²) in [6.45, 7) is 1.60. The summed E-state index contributed by atoms with van der Waals surface area (Å²) in [5, 5.41) is 11.9. The molecule has 2 rings (SSSR count). The third-order valence-corrected chi connectivity index (χ3v) is 4.90. The Morgan fingerprint density at radius 2 is 2.24 bits per heavy atom. The van der Waals surface area contributed by atoms with Gasteiger partial charge in [-0.15, -0.1) is 0 Å². The minimum atomic E-state index is 0.00826. The van der Waals surface area contributed by atoms with Gasteiger partial charge in [-0.1, -0.05) is 15.9 Å². The largest absolute Gasteiger partial charge is 0.396 e. The molecule has 116 valence electrons. The molecule has 0 bridgehead atoms. The quantitative estimate of drug-likeness (QED) is 0.742. The Labute approximate surface area is 142 Å². The zero-order chi connectivity index (χ0) is 15.2. The Bertz CT molecular complexity index is 497. The molecule has 1 aromatic carbocycles. The summed E-state index contributed by atoms with van der Waals surface area (Å²) in [6, 6.07) is 6.12. The molecule has 0 saturated carbocycles. The number of amides is 1. The topological polar surface area (TPSA) is 52.6 Å². The molecule has 4 nitrogen and oxygen atoms in total. The molecule has 0 radical (unpaired) electrons. The molecular weight excluding hydrogens is 400 g/mol. The molecule has 1 unspecified atom stereocenters. The fourth-order valence-corrected chi connectivity index (χ4v) is 3.87. The van der Waals surface area contributed by atoms with Crippen LogP contribution >= 0.6 is 31.9 Å². The lowest BCUT2D eigenvalue weighted by Gasteiger charge is -2.23. The lowest BCUT2D eigenvalue weighted by atomic mass is 10.1. The van der Waals surface area contributed by atoms with Crippen molar-refractivity contribution in [3.63, 3.8) is 0 Å². The second-order valence-electron chi connectivity index (χ2n) is 5.30. The summed E-state index contributed by atoms with van der Waals surface area (Å²) in [4.78, 5) is 14.4. The van der Waals surface area contributed by atoms with Gasteiger partial charge in [0.25, 0.3) is 0 Å². The molecule has 6 heteroatoms. The van der Waals surface area contributed by atoms with E-state index in [0.29, 0.717) is 12.6 Å². The molecule has 1 fully saturated rings. The van der Waals surface area contributed by atoms with Crippen LogP contribution in [0.25, 0.3) is 0 Å². The van der Waals surface area contributed by atoms with Crippen molar-refractivity contribution in [3.8, 4) is 0 Å². The highest BCUT2D eigenvalue weighted by Gasteiger charge is 2.25. The van der Waals surface area contributed by atoms with Crippen LogP contribution in [-0.2, 0) is 4.79 Å². The Kier molecular flexibility index (Phi) is 6.67. The number of hydrogen-bond donors (Lipinski definition) is 2. The van der Waals surface area contributed by atoms with E-state index in [4.69, 9.17) is 5.11 Å². The van der Waals surface area contributed by atoms with Crippen molar-refractivity contribution in [1.82, 2.24) is 4.90 Å². The first-order valence-corrected chi connectivity index (χ1v) is 8.78. The number of nitrogens with zero attached hydrogens (tertiary/aromatic N) is 1. The van der Waals surface area contributed by atoms with Crippen molar-refractivity contribution in [3.05, 3.63) is 27.1 Å². The third-order valence-electron chi connectivity index (χ3n) is 3.75. The number of hydrogen-bond acceptors (Lipinski definition) is 3. The molecule has 1 aromatic rings. The molecule has 1 heterocycles. The molecule has 21 heavy (non-hydrogen) atoms. The first-order chi connectivity index (χ1) is 10.1. The molecule has 1 aliphatic rings. The number of aliphatic hydroxyl groups excluding tert-OH is 1. The van der Waals surface area contributed by atoms with Crippen LogP contribution < -0.4 is 5.32 Å². The molecule has 2 N–H and O–H groups in total. The average molecular weight is 420 g/mol. The smallest absolute Gasteiger partial charge is 0.238 e. The van der Waals surface area contributed by atoms with Gasteiger partial charge in [0, 0.05) is 21.6 Å². The summed E-state index contributed by atoms with van der Waals surface area (Å²) in [5.41, 5.74) is 0.786. The van der Waals surface area contributed by atoms with Crippen molar-refractivity contribution < 1.29 is 9.90 Å². The van der Waals surface area contributed by atoms with Crippen LogP contribution in [0.5, 0.6) is 0 Å². The van der Waals surface area contributed by atoms with Gasteiger partial charge in [-0.3, -0.25) is 9.69 Å². The van der Waals surface area contributed by atoms with Gasteiger partial charge in [0.05, 0.1) is 12.2 Å². The van der Waals surface area contributed by atoms with Gasteiger partial charge >= 0.3 is 0 Å². The van der Waals surface area contributed by atoms with E-state index in [9.17, 15) is 4.79 Å². The monoisotopic (exact) mass is 418 g/mol. The number of anilines is 1. The molecule has 1 saturated heterocycles. The number of nitrogens with one attached hydrogen (secondary N) is 1. The zero-order valence-electron chi connectivity index (χ0n) is 11.8. The summed E-state index contributed by atoms with van der Waals surface area (Å²) in [7, 11) is 0. The Morgan fingerprint density at radius 3 is 2.95 bits per heavy atom. The molecule has 1 amide bonds. The fourth-order valence-electron chi connectivity index (χ4n) is 2.72. The standard InChI is InChI=1S/C15H20Br2N2O2/c16-11-5-6-14(13(17)9-11)18-15(21)10-19-7-1-3-12(19)4-2-8-20/h5-6,9,12,20H,1-4,7-8,10H2,(H,18,21). The minimum absolute atomic E-state index is 0.00826. The fraction of sp³-hybridized carbons (Fsp3) is 0.533. The molecule has 1 aliphatic heterocycles. The number of likely N-dealkylation sites (tertiary alicyclic amines) is 1. The van der Waals surface area contributed by atoms with Gasteiger partial charge in [0.1, 0.15) is 0 Å². The van der Waals surface area contributed by atoms with Crippen molar-refractivity contribution in [1.29, 1.82) is 0 Å². The third kappa shape index (κ3) is 5.06. The van der Waals surface area contributed by atoms with E-state index in [0.717, 1.165) is 46.9 Å². The number of aliphatic hydroxyl groups is 1. The van der Waals surface area contributed by atoms with Gasteiger partial charge in [0.15, 0.2) is 0 Å². The number of carbonyl (C=O) groups is 1. The van der Waals surface area contributed by atoms with E-state index in [2.05, 4.69) is 42.1 Å². The second kappa shape index (κ2) is 8.27. The molecule has 0 aliphatic carbocycles. The maximum atomic E-state index is 12.2. The highest BCUT2D eigenvalue weighted by atomic mass is 79.9. The van der Waals surface area contributed by atoms with Crippen molar-refractivity contribution in [2.45, 2.75) is 31.7 Å². The maximum absolute atomic E-state index is 12.2. The lowest BCUT2D eigenvalue weighted by Crippen LogP contribution is -2.37. The van der Waals surface area contributed by atoms with Crippen LogP contribution in [0.15, 0.2) is 27.1 Å². The van der Waals surface area contributed by atoms with E-state index in [-0.39, 0.29) is 12.5 Å². The van der Waals surface area contributed by atoms with Crippen molar-refractivity contribution in [2.24, 2.45) is 0 Å². The second-order valence-corrected chi connectivity index (χ2v) is 7.07. The summed E-state index contributed by atoms with van der Waals surface area (Å²) in [6.07, 6.45) is 4.02. The number of halogens is 2. The normalized spacial score (nSPS) is 18.9. The first kappa shape index (κ1) is 16.9. The molecule has 0 spiro atoms. The van der Waals surface area contributed by atoms with E-state index >= 15 is 0 Å². The van der Waals surface area contributed by atoms with E-state index in [1.807, 2.05) is 18.2 Å². The average Bonchev–Trinajstić information content (AvgIpc) is 2.87. The predicted octanol–water partition coefficient (Wildman–Crippen LogP) is 3.39. The van der Waals surface area contributed by atoms with Crippen molar-refractivity contribution in [2.75, 3.05) is 25.0 Å². The zero-order valence-corrected chi connectivity index (χ0v) is 15.0. The SMILES string of the molecule is O=C(CN1CCCC1CCCO)Nc1ccc(Br)cc1Br. The molecule has 1 atom stereocenters. The highest BCUT2D eigenvalue weighted by Crippen LogP contribution is 2.26. The molecule has 0 aromatic heterocycles. The van der Waals surface area contributed by atoms with Crippen LogP contribution in [0, 0.1) is 0 Å². The van der Waals surface area contributed by atoms with Gasteiger partial charge in [-0.25, -0.2) is 0 Å². The van der Waals surface area contributed by atoms with Crippen molar-refractivity contribution >= 4 is 43.5 Å². The minimum Gasteiger partial charge on any atom is -0.396 e. The highest BCUT2D eigenvalue weighted by molar-refractivity contribution is 9.11. The summed E-state index contributed by atoms with van der Waals surface area (Å²) >= 11 is 6.84. The van der Waals surface area contributed by atoms with Crippen LogP contribution in [0.1, 0.15) is 25.7 Å². The van der Waals surface area contributed by atoms with E-state index in [1.165, 1.54) is 0 Å². The first-order valence-electron chi connectivity index (χ1n) is 7.20. The van der Waals surface area contributed by atoms with E-state index in [1.54, 1.807) is 0 Å². The van der Waals surface area contributed by atoms with E-state index < -0.39 is 0 Å². The van der Waals surface area contributed by atoms with Crippen LogP contribution in [0.3, 0.4) is 0 Å². The lowest BCUT2D eigenvalue weighted by molar-refractivity contribution is -0.117. The summed E-state index contributed by atoms with van der Waals surface area (Å²) in [5.74, 6) is 0.00826. The van der Waals surface area contributed by atoms with Crippen LogP contribution in [0.2, 0.25) is 0 Å². The van der Waals surface area contributed by atoms with Gasteiger partial charge in [0.2, 0.25) is 5.91 Å². The number of rotatable bonds is 6. The van der Waals surface area contributed by atoms with Gasteiger partial charge in [-0.05, 0) is 66.4 Å². The number of carbonyl (C=O) groups excluding carboxylic acids is 1. The Balaban J connectivity index is 1.89. The predicted molar refractivity (Wildman–Crippen MR) is 91.4 cm³/mol. The van der Waals surface area contributed by atoms with Crippen LogP contribution in [-0.4, -0.2) is 41.7 Å². The van der Waals surface area contributed by atoms with Gasteiger partial charge < -0.3 is 10.4 Å². The molecular formula is C15H20Br2N2O2. The Hall–Kier alpha value is -0.430. The van der Waals surface area contributed by atoms with Gasteiger partial charge in [-0.2, -0.15) is 0 Å². The maximum Gasteiger partial charge on any atom is 0.238 e. The summed E-state index contributed by atoms with van der Waals surface area (Å²) < 4.78 is 1.83. The van der Waals surface area contributed by atoms with Crippen LogP contribution in [0.4, 0.5) is 5.69 Å². The Morgan fingerprint density at radius 1 is 1.43 bits per heavy atom.